The molecule has 0 aliphatic carbocycles. The minimum Gasteiger partial charge on any atom is -0.367 e. The van der Waals surface area contributed by atoms with Crippen molar-refractivity contribution in [3.05, 3.63) is 69.2 Å². The highest BCUT2D eigenvalue weighted by Gasteiger charge is 2.14. The van der Waals surface area contributed by atoms with Crippen LogP contribution < -0.4 is 5.32 Å². The van der Waals surface area contributed by atoms with Crippen molar-refractivity contribution < 1.29 is 4.74 Å². The van der Waals surface area contributed by atoms with E-state index in [2.05, 4.69) is 40.3 Å². The molecule has 1 atom stereocenters. The highest BCUT2D eigenvalue weighted by molar-refractivity contribution is 9.10. The first-order chi connectivity index (χ1) is 10.2. The van der Waals surface area contributed by atoms with Gasteiger partial charge in [-0.2, -0.15) is 0 Å². The van der Waals surface area contributed by atoms with Crippen LogP contribution in [0.25, 0.3) is 0 Å². The molecule has 0 fully saturated rings. The Balaban J connectivity index is 2.08. The Labute approximate surface area is 139 Å². The lowest BCUT2D eigenvalue weighted by atomic mass is 10.1. The molecule has 0 aliphatic heterocycles. The van der Waals surface area contributed by atoms with E-state index in [1.807, 2.05) is 36.4 Å². The second-order valence-corrected chi connectivity index (χ2v) is 6.08. The average Bonchev–Trinajstić information content (AvgIpc) is 2.48. The molecule has 0 heterocycles. The smallest absolute Gasteiger partial charge is 0.0968 e. The van der Waals surface area contributed by atoms with Crippen molar-refractivity contribution in [1.82, 2.24) is 5.32 Å². The summed E-state index contributed by atoms with van der Waals surface area (Å²) in [7, 11) is 0. The Morgan fingerprint density at radius 3 is 2.71 bits per heavy atom. The molecule has 0 bridgehead atoms. The van der Waals surface area contributed by atoms with Gasteiger partial charge in [-0.3, -0.25) is 0 Å². The van der Waals surface area contributed by atoms with Gasteiger partial charge in [-0.25, -0.2) is 0 Å². The van der Waals surface area contributed by atoms with Crippen LogP contribution in [0.3, 0.4) is 0 Å². The van der Waals surface area contributed by atoms with Gasteiger partial charge in [0, 0.05) is 21.6 Å². The largest absolute Gasteiger partial charge is 0.367 e. The maximum atomic E-state index is 6.29. The Hall–Kier alpha value is -0.870. The van der Waals surface area contributed by atoms with Crippen LogP contribution in [0.4, 0.5) is 0 Å². The van der Waals surface area contributed by atoms with Gasteiger partial charge >= 0.3 is 0 Å². The fraction of sp³-hybridized carbons (Fsp3) is 0.294. The molecule has 1 N–H and O–H groups in total. The molecule has 112 valence electrons. The summed E-state index contributed by atoms with van der Waals surface area (Å²) in [5.41, 5.74) is 2.16. The van der Waals surface area contributed by atoms with E-state index >= 15 is 0 Å². The van der Waals surface area contributed by atoms with E-state index in [4.69, 9.17) is 16.3 Å². The zero-order valence-corrected chi connectivity index (χ0v) is 14.3. The molecule has 2 aromatic carbocycles. The minimum absolute atomic E-state index is 0.0577. The summed E-state index contributed by atoms with van der Waals surface area (Å²) < 4.78 is 7.14. The van der Waals surface area contributed by atoms with Gasteiger partial charge in [0.2, 0.25) is 0 Å². The Kier molecular flexibility index (Phi) is 6.71. The molecule has 0 saturated heterocycles. The lowest BCUT2D eigenvalue weighted by molar-refractivity contribution is 0.0402. The van der Waals surface area contributed by atoms with Crippen molar-refractivity contribution in [3.8, 4) is 0 Å². The first-order valence-electron chi connectivity index (χ1n) is 7.02. The second kappa shape index (κ2) is 8.54. The van der Waals surface area contributed by atoms with Crippen LogP contribution in [0.15, 0.2) is 53.0 Å². The topological polar surface area (TPSA) is 21.3 Å². The third kappa shape index (κ3) is 5.11. The van der Waals surface area contributed by atoms with E-state index in [1.165, 1.54) is 0 Å². The number of halogens is 2. The molecule has 21 heavy (non-hydrogen) atoms. The fourth-order valence-electron chi connectivity index (χ4n) is 2.09. The fourth-order valence-corrected chi connectivity index (χ4v) is 2.80. The minimum atomic E-state index is -0.0577. The summed E-state index contributed by atoms with van der Waals surface area (Å²) in [5, 5.41) is 4.07. The molecule has 2 nitrogen and oxygen atoms in total. The summed E-state index contributed by atoms with van der Waals surface area (Å²) >= 11 is 9.77. The van der Waals surface area contributed by atoms with Crippen molar-refractivity contribution in [1.29, 1.82) is 0 Å². The van der Waals surface area contributed by atoms with E-state index in [1.54, 1.807) is 0 Å². The summed E-state index contributed by atoms with van der Waals surface area (Å²) in [6.45, 7) is 4.29. The number of ether oxygens (including phenoxy) is 1. The average molecular weight is 369 g/mol. The Bertz CT molecular complexity index is 576. The zero-order valence-electron chi connectivity index (χ0n) is 12.0. The quantitative estimate of drug-likeness (QED) is 0.745. The third-order valence-electron chi connectivity index (χ3n) is 3.17. The second-order valence-electron chi connectivity index (χ2n) is 4.76. The van der Waals surface area contributed by atoms with Crippen LogP contribution in [0.5, 0.6) is 0 Å². The van der Waals surface area contributed by atoms with Gasteiger partial charge < -0.3 is 10.1 Å². The molecule has 4 heteroatoms. The first-order valence-corrected chi connectivity index (χ1v) is 8.19. The highest BCUT2D eigenvalue weighted by Crippen LogP contribution is 2.26. The number of benzene rings is 2. The van der Waals surface area contributed by atoms with E-state index in [0.29, 0.717) is 6.61 Å². The van der Waals surface area contributed by atoms with Gasteiger partial charge in [-0.1, -0.05) is 64.8 Å². The van der Waals surface area contributed by atoms with Crippen LogP contribution in [0.1, 0.15) is 24.2 Å². The summed E-state index contributed by atoms with van der Waals surface area (Å²) in [6.07, 6.45) is -0.0577. The van der Waals surface area contributed by atoms with Gasteiger partial charge in [-0.15, -0.1) is 0 Å². The molecule has 0 aliphatic rings. The van der Waals surface area contributed by atoms with E-state index in [0.717, 1.165) is 33.7 Å². The van der Waals surface area contributed by atoms with E-state index < -0.39 is 0 Å². The molecular formula is C17H19BrClNO. The van der Waals surface area contributed by atoms with Gasteiger partial charge in [-0.05, 0) is 30.3 Å². The Morgan fingerprint density at radius 2 is 2.00 bits per heavy atom. The van der Waals surface area contributed by atoms with Gasteiger partial charge in [0.1, 0.15) is 0 Å². The number of nitrogens with one attached hydrogen (secondary N) is 1. The van der Waals surface area contributed by atoms with Crippen LogP contribution in [0, 0.1) is 0 Å². The maximum absolute atomic E-state index is 6.29. The standard InChI is InChI=1S/C17H19BrClNO/c1-2-20-11-17(15-8-3-4-9-16(15)19)21-12-13-6-5-7-14(18)10-13/h3-10,17,20H,2,11-12H2,1H3. The van der Waals surface area contributed by atoms with Crippen molar-refractivity contribution >= 4 is 27.5 Å². The van der Waals surface area contributed by atoms with Gasteiger partial charge in [0.25, 0.3) is 0 Å². The molecule has 0 saturated carbocycles. The third-order valence-corrected chi connectivity index (χ3v) is 4.01. The number of rotatable bonds is 7. The van der Waals surface area contributed by atoms with Crippen LogP contribution in [-0.4, -0.2) is 13.1 Å². The molecule has 2 aromatic rings. The summed E-state index contributed by atoms with van der Waals surface area (Å²) in [4.78, 5) is 0. The predicted molar refractivity (Wildman–Crippen MR) is 91.7 cm³/mol. The van der Waals surface area contributed by atoms with Crippen LogP contribution in [0.2, 0.25) is 5.02 Å². The lowest BCUT2D eigenvalue weighted by Gasteiger charge is -2.20. The first kappa shape index (κ1) is 16.5. The molecule has 1 unspecified atom stereocenters. The van der Waals surface area contributed by atoms with Crippen molar-refractivity contribution in [2.24, 2.45) is 0 Å². The molecule has 0 spiro atoms. The van der Waals surface area contributed by atoms with Crippen LogP contribution in [-0.2, 0) is 11.3 Å². The molecule has 0 radical (unpaired) electrons. The molecule has 0 amide bonds. The van der Waals surface area contributed by atoms with E-state index in [-0.39, 0.29) is 6.10 Å². The lowest BCUT2D eigenvalue weighted by Crippen LogP contribution is -2.23. The summed E-state index contributed by atoms with van der Waals surface area (Å²) in [5.74, 6) is 0. The highest BCUT2D eigenvalue weighted by atomic mass is 79.9. The number of hydrogen-bond donors (Lipinski definition) is 1. The number of hydrogen-bond acceptors (Lipinski definition) is 2. The molecule has 0 aromatic heterocycles. The van der Waals surface area contributed by atoms with Gasteiger partial charge in [0.15, 0.2) is 0 Å². The van der Waals surface area contributed by atoms with E-state index in [9.17, 15) is 0 Å². The van der Waals surface area contributed by atoms with Crippen molar-refractivity contribution in [2.45, 2.75) is 19.6 Å². The van der Waals surface area contributed by atoms with Crippen LogP contribution >= 0.6 is 27.5 Å². The normalized spacial score (nSPS) is 12.3. The predicted octanol–water partition coefficient (Wildman–Crippen LogP) is 4.97. The Morgan fingerprint density at radius 1 is 1.19 bits per heavy atom. The summed E-state index contributed by atoms with van der Waals surface area (Å²) in [6, 6.07) is 16.0. The van der Waals surface area contributed by atoms with Crippen molar-refractivity contribution in [3.63, 3.8) is 0 Å². The zero-order chi connectivity index (χ0) is 15.1. The monoisotopic (exact) mass is 367 g/mol. The van der Waals surface area contributed by atoms with Gasteiger partial charge in [0.05, 0.1) is 12.7 Å². The maximum Gasteiger partial charge on any atom is 0.0968 e. The van der Waals surface area contributed by atoms with Crippen molar-refractivity contribution in [2.75, 3.05) is 13.1 Å². The number of likely N-dealkylation sites (N-methyl/N-ethyl adjacent to an activating group) is 1. The molecule has 2 rings (SSSR count). The SMILES string of the molecule is CCNCC(OCc1cccc(Br)c1)c1ccccc1Cl. The molecular weight excluding hydrogens is 350 g/mol.